The van der Waals surface area contributed by atoms with Crippen molar-refractivity contribution in [3.05, 3.63) is 65.6 Å². The second kappa shape index (κ2) is 6.63. The Morgan fingerprint density at radius 1 is 0.893 bits per heavy atom. The lowest BCUT2D eigenvalue weighted by Gasteiger charge is -2.09. The van der Waals surface area contributed by atoms with Crippen molar-refractivity contribution >= 4 is 10.0 Å². The third kappa shape index (κ3) is 3.73. The van der Waals surface area contributed by atoms with Gasteiger partial charge in [-0.2, -0.15) is 18.3 Å². The van der Waals surface area contributed by atoms with E-state index in [1.54, 1.807) is 0 Å². The van der Waals surface area contributed by atoms with Gasteiger partial charge < -0.3 is 0 Å². The van der Waals surface area contributed by atoms with E-state index in [0.717, 1.165) is 18.2 Å². The Labute approximate surface area is 154 Å². The van der Waals surface area contributed by atoms with E-state index < -0.39 is 44.2 Å². The molecule has 0 amide bonds. The first-order chi connectivity index (χ1) is 12.9. The van der Waals surface area contributed by atoms with Crippen LogP contribution >= 0.6 is 0 Å². The predicted molar refractivity (Wildman–Crippen MR) is 85.2 cm³/mol. The summed E-state index contributed by atoms with van der Waals surface area (Å²) in [5, 5.41) is 8.18. The first-order valence-electron chi connectivity index (χ1n) is 7.33. The van der Waals surface area contributed by atoms with E-state index in [9.17, 15) is 34.8 Å². The van der Waals surface area contributed by atoms with Crippen molar-refractivity contribution in [1.82, 2.24) is 9.78 Å². The van der Waals surface area contributed by atoms with Gasteiger partial charge in [-0.15, -0.1) is 0 Å². The summed E-state index contributed by atoms with van der Waals surface area (Å²) in [5.41, 5.74) is -2.17. The van der Waals surface area contributed by atoms with Crippen LogP contribution < -0.4 is 5.14 Å². The number of hydrogen-bond acceptors (Lipinski definition) is 3. The number of alkyl halides is 3. The van der Waals surface area contributed by atoms with E-state index in [-0.39, 0.29) is 16.9 Å². The van der Waals surface area contributed by atoms with Crippen molar-refractivity contribution in [2.45, 2.75) is 11.1 Å². The van der Waals surface area contributed by atoms with E-state index in [2.05, 4.69) is 5.10 Å². The maximum atomic E-state index is 14.1. The minimum atomic E-state index is -4.88. The van der Waals surface area contributed by atoms with E-state index >= 15 is 0 Å². The largest absolute Gasteiger partial charge is 0.435 e. The average Bonchev–Trinajstić information content (AvgIpc) is 3.01. The highest BCUT2D eigenvalue weighted by Gasteiger charge is 2.35. The van der Waals surface area contributed by atoms with E-state index in [0.29, 0.717) is 28.9 Å². The van der Waals surface area contributed by atoms with Crippen molar-refractivity contribution in [3.8, 4) is 16.9 Å². The molecule has 0 unspecified atom stereocenters. The van der Waals surface area contributed by atoms with Crippen LogP contribution in [0.1, 0.15) is 5.69 Å². The van der Waals surface area contributed by atoms with Crippen LogP contribution in [0, 0.1) is 17.5 Å². The third-order valence-corrected chi connectivity index (χ3v) is 4.63. The Morgan fingerprint density at radius 2 is 1.57 bits per heavy atom. The fourth-order valence-corrected chi connectivity index (χ4v) is 3.02. The quantitative estimate of drug-likeness (QED) is 0.657. The summed E-state index contributed by atoms with van der Waals surface area (Å²) in [6.07, 6.45) is -4.88. The van der Waals surface area contributed by atoms with Crippen molar-refractivity contribution < 1.29 is 34.8 Å². The number of hydrogen-bond donors (Lipinski definition) is 1. The Hall–Kier alpha value is -2.86. The molecule has 1 heterocycles. The number of rotatable bonds is 3. The Balaban J connectivity index is 2.24. The number of aromatic nitrogens is 2. The number of sulfonamides is 1. The molecule has 0 saturated carbocycles. The molecule has 148 valence electrons. The zero-order valence-corrected chi connectivity index (χ0v) is 14.3. The summed E-state index contributed by atoms with van der Waals surface area (Å²) < 4.78 is 103. The fraction of sp³-hybridized carbons (Fsp3) is 0.0625. The zero-order chi connectivity index (χ0) is 20.9. The maximum absolute atomic E-state index is 14.1. The fourth-order valence-electron chi connectivity index (χ4n) is 2.43. The molecule has 0 aliphatic rings. The van der Waals surface area contributed by atoms with Gasteiger partial charge in [0, 0.05) is 11.6 Å². The standard InChI is InChI=1S/C16H9F6N3O2S/c17-10-3-2-9(6-11(10)18)25-13(7-15(24-25)16(20,21)22)8-1-4-14(12(19)5-8)28(23,26)27/h1-7H,(H2,23,26,27). The highest BCUT2D eigenvalue weighted by Crippen LogP contribution is 2.34. The van der Waals surface area contributed by atoms with E-state index in [1.807, 2.05) is 0 Å². The molecule has 3 rings (SSSR count). The highest BCUT2D eigenvalue weighted by molar-refractivity contribution is 7.89. The summed E-state index contributed by atoms with van der Waals surface area (Å²) in [5.74, 6) is -3.85. The molecule has 0 bridgehead atoms. The van der Waals surface area contributed by atoms with Crippen LogP contribution in [0.3, 0.4) is 0 Å². The van der Waals surface area contributed by atoms with Crippen LogP contribution in [-0.4, -0.2) is 18.2 Å². The van der Waals surface area contributed by atoms with Gasteiger partial charge in [0.05, 0.1) is 11.4 Å². The molecule has 2 aromatic carbocycles. The monoisotopic (exact) mass is 421 g/mol. The number of primary sulfonamides is 1. The van der Waals surface area contributed by atoms with Gasteiger partial charge in [-0.1, -0.05) is 6.07 Å². The smallest absolute Gasteiger partial charge is 0.232 e. The van der Waals surface area contributed by atoms with Crippen LogP contribution in [0.15, 0.2) is 47.4 Å². The summed E-state index contributed by atoms with van der Waals surface area (Å²) >= 11 is 0. The molecule has 1 aromatic heterocycles. The van der Waals surface area contributed by atoms with Gasteiger partial charge >= 0.3 is 6.18 Å². The summed E-state index contributed by atoms with van der Waals surface area (Å²) in [6.45, 7) is 0. The van der Waals surface area contributed by atoms with Crippen LogP contribution in [-0.2, 0) is 16.2 Å². The Morgan fingerprint density at radius 3 is 2.11 bits per heavy atom. The molecule has 12 heteroatoms. The average molecular weight is 421 g/mol. The molecule has 3 aromatic rings. The summed E-state index contributed by atoms with van der Waals surface area (Å²) in [7, 11) is -4.39. The van der Waals surface area contributed by atoms with Crippen molar-refractivity contribution in [2.24, 2.45) is 5.14 Å². The lowest BCUT2D eigenvalue weighted by Crippen LogP contribution is -2.14. The van der Waals surface area contributed by atoms with E-state index in [1.165, 1.54) is 0 Å². The number of nitrogens with two attached hydrogens (primary N) is 1. The first kappa shape index (κ1) is 19.9. The SMILES string of the molecule is NS(=O)(=O)c1ccc(-c2cc(C(F)(F)F)nn2-c2ccc(F)c(F)c2)cc1F. The second-order valence-electron chi connectivity index (χ2n) is 5.61. The molecule has 0 spiro atoms. The molecule has 0 fully saturated rings. The first-order valence-corrected chi connectivity index (χ1v) is 8.88. The minimum absolute atomic E-state index is 0.197. The number of benzene rings is 2. The lowest BCUT2D eigenvalue weighted by atomic mass is 10.1. The number of nitrogens with zero attached hydrogens (tertiary/aromatic N) is 2. The molecule has 2 N–H and O–H groups in total. The second-order valence-corrected chi connectivity index (χ2v) is 7.14. The van der Waals surface area contributed by atoms with Gasteiger partial charge in [-0.3, -0.25) is 0 Å². The Kier molecular flexibility index (Phi) is 4.71. The molecular weight excluding hydrogens is 412 g/mol. The highest BCUT2D eigenvalue weighted by atomic mass is 32.2. The van der Waals surface area contributed by atoms with Crippen LogP contribution in [0.4, 0.5) is 26.3 Å². The Bertz CT molecular complexity index is 1170. The van der Waals surface area contributed by atoms with Gasteiger partial charge in [0.2, 0.25) is 10.0 Å². The molecule has 0 saturated heterocycles. The predicted octanol–water partition coefficient (Wildman–Crippen LogP) is 3.62. The van der Waals surface area contributed by atoms with Crippen molar-refractivity contribution in [3.63, 3.8) is 0 Å². The topological polar surface area (TPSA) is 78.0 Å². The van der Waals surface area contributed by atoms with Gasteiger partial charge in [0.25, 0.3) is 0 Å². The van der Waals surface area contributed by atoms with E-state index in [4.69, 9.17) is 5.14 Å². The molecule has 0 aliphatic heterocycles. The van der Waals surface area contributed by atoms with Gasteiger partial charge in [-0.05, 0) is 30.3 Å². The maximum Gasteiger partial charge on any atom is 0.435 e. The number of halogens is 6. The van der Waals surface area contributed by atoms with Crippen molar-refractivity contribution in [2.75, 3.05) is 0 Å². The molecular formula is C16H9F6N3O2S. The summed E-state index contributed by atoms with van der Waals surface area (Å²) in [4.78, 5) is -0.855. The lowest BCUT2D eigenvalue weighted by molar-refractivity contribution is -0.141. The summed E-state index contributed by atoms with van der Waals surface area (Å²) in [6, 6.07) is 5.27. The third-order valence-electron chi connectivity index (χ3n) is 3.68. The normalized spacial score (nSPS) is 12.4. The van der Waals surface area contributed by atoms with Crippen LogP contribution in [0.25, 0.3) is 16.9 Å². The van der Waals surface area contributed by atoms with Gasteiger partial charge in [0.1, 0.15) is 10.7 Å². The van der Waals surface area contributed by atoms with Crippen LogP contribution in [0.2, 0.25) is 0 Å². The van der Waals surface area contributed by atoms with Crippen LogP contribution in [0.5, 0.6) is 0 Å². The zero-order valence-electron chi connectivity index (χ0n) is 13.5. The molecule has 0 atom stereocenters. The minimum Gasteiger partial charge on any atom is -0.232 e. The van der Waals surface area contributed by atoms with Crippen molar-refractivity contribution in [1.29, 1.82) is 0 Å². The van der Waals surface area contributed by atoms with Gasteiger partial charge in [0.15, 0.2) is 17.3 Å². The molecule has 0 radical (unpaired) electrons. The van der Waals surface area contributed by atoms with Gasteiger partial charge in [-0.25, -0.2) is 31.4 Å². The molecule has 5 nitrogen and oxygen atoms in total. The molecule has 28 heavy (non-hydrogen) atoms. The molecule has 0 aliphatic carbocycles.